The van der Waals surface area contributed by atoms with Crippen molar-refractivity contribution in [1.29, 1.82) is 0 Å². The Labute approximate surface area is 152 Å². The first-order valence-corrected chi connectivity index (χ1v) is 9.92. The van der Waals surface area contributed by atoms with Gasteiger partial charge in [0.1, 0.15) is 0 Å². The van der Waals surface area contributed by atoms with E-state index < -0.39 is 0 Å². The summed E-state index contributed by atoms with van der Waals surface area (Å²) in [5.41, 5.74) is 2.32. The average Bonchev–Trinajstić information content (AvgIpc) is 2.65. The van der Waals surface area contributed by atoms with Gasteiger partial charge in [-0.25, -0.2) is 0 Å². The SMILES string of the molecule is CCC[C@@]1(CO)CN(C2CCN(c3ccc(C)cc3)CC2)CC[C@@H]1O. The highest BCUT2D eigenvalue weighted by molar-refractivity contribution is 5.47. The Kier molecular flexibility index (Phi) is 6.03. The van der Waals surface area contributed by atoms with Crippen LogP contribution in [0.4, 0.5) is 5.69 Å². The lowest BCUT2D eigenvalue weighted by atomic mass is 9.74. The minimum Gasteiger partial charge on any atom is -0.396 e. The Morgan fingerprint density at radius 2 is 1.76 bits per heavy atom. The highest BCUT2D eigenvalue weighted by atomic mass is 16.3. The van der Waals surface area contributed by atoms with Crippen LogP contribution in [0.1, 0.15) is 44.6 Å². The van der Waals surface area contributed by atoms with Gasteiger partial charge >= 0.3 is 0 Å². The molecule has 0 aliphatic carbocycles. The lowest BCUT2D eigenvalue weighted by molar-refractivity contribution is -0.0911. The Morgan fingerprint density at radius 1 is 1.08 bits per heavy atom. The van der Waals surface area contributed by atoms with Gasteiger partial charge in [0.05, 0.1) is 12.7 Å². The van der Waals surface area contributed by atoms with E-state index in [1.165, 1.54) is 11.3 Å². The van der Waals surface area contributed by atoms with Crippen molar-refractivity contribution in [3.05, 3.63) is 29.8 Å². The number of hydrogen-bond donors (Lipinski definition) is 2. The summed E-state index contributed by atoms with van der Waals surface area (Å²) in [5.74, 6) is 0. The smallest absolute Gasteiger partial charge is 0.0642 e. The van der Waals surface area contributed by atoms with Crippen molar-refractivity contribution in [3.63, 3.8) is 0 Å². The van der Waals surface area contributed by atoms with E-state index in [1.807, 2.05) is 0 Å². The first kappa shape index (κ1) is 18.7. The highest BCUT2D eigenvalue weighted by Crippen LogP contribution is 2.37. The largest absolute Gasteiger partial charge is 0.396 e. The molecule has 0 amide bonds. The van der Waals surface area contributed by atoms with E-state index >= 15 is 0 Å². The Bertz CT molecular complexity index is 539. The molecule has 2 N–H and O–H groups in total. The first-order chi connectivity index (χ1) is 12.1. The van der Waals surface area contributed by atoms with Gasteiger partial charge in [0.15, 0.2) is 0 Å². The molecule has 2 atom stereocenters. The maximum Gasteiger partial charge on any atom is 0.0642 e. The van der Waals surface area contributed by atoms with Crippen molar-refractivity contribution in [2.75, 3.05) is 37.7 Å². The van der Waals surface area contributed by atoms with Gasteiger partial charge in [0, 0.05) is 43.3 Å². The zero-order valence-corrected chi connectivity index (χ0v) is 15.8. The molecular formula is C21H34N2O2. The number of benzene rings is 1. The van der Waals surface area contributed by atoms with Gasteiger partial charge in [-0.15, -0.1) is 0 Å². The number of nitrogens with zero attached hydrogens (tertiary/aromatic N) is 2. The van der Waals surface area contributed by atoms with Gasteiger partial charge in [-0.3, -0.25) is 4.90 Å². The van der Waals surface area contributed by atoms with Crippen molar-refractivity contribution in [3.8, 4) is 0 Å². The van der Waals surface area contributed by atoms with Gasteiger partial charge in [0.25, 0.3) is 0 Å². The molecule has 2 saturated heterocycles. The van der Waals surface area contributed by atoms with Gasteiger partial charge in [0.2, 0.25) is 0 Å². The average molecular weight is 347 g/mol. The topological polar surface area (TPSA) is 46.9 Å². The third-order valence-corrected chi connectivity index (χ3v) is 6.36. The van der Waals surface area contributed by atoms with Gasteiger partial charge in [-0.1, -0.05) is 31.0 Å². The molecule has 0 unspecified atom stereocenters. The number of anilines is 1. The second kappa shape index (κ2) is 8.07. The van der Waals surface area contributed by atoms with Crippen LogP contribution in [0.3, 0.4) is 0 Å². The molecule has 0 radical (unpaired) electrons. The Morgan fingerprint density at radius 3 is 2.36 bits per heavy atom. The van der Waals surface area contributed by atoms with Crippen LogP contribution in [0, 0.1) is 12.3 Å². The normalized spacial score (nSPS) is 29.1. The Hall–Kier alpha value is -1.10. The van der Waals surface area contributed by atoms with Crippen LogP contribution in [0.2, 0.25) is 0 Å². The zero-order chi connectivity index (χ0) is 17.9. The fourth-order valence-electron chi connectivity index (χ4n) is 4.72. The summed E-state index contributed by atoms with van der Waals surface area (Å²) in [7, 11) is 0. The van der Waals surface area contributed by atoms with E-state index in [2.05, 4.69) is 47.9 Å². The fraction of sp³-hybridized carbons (Fsp3) is 0.714. The molecule has 0 bridgehead atoms. The predicted octanol–water partition coefficient (Wildman–Crippen LogP) is 2.81. The van der Waals surface area contributed by atoms with Crippen molar-refractivity contribution in [2.45, 2.75) is 58.1 Å². The van der Waals surface area contributed by atoms with E-state index in [0.717, 1.165) is 58.3 Å². The quantitative estimate of drug-likeness (QED) is 0.861. The second-order valence-corrected chi connectivity index (χ2v) is 8.10. The molecule has 2 aliphatic rings. The van der Waals surface area contributed by atoms with Gasteiger partial charge in [-0.2, -0.15) is 0 Å². The molecule has 0 spiro atoms. The summed E-state index contributed by atoms with van der Waals surface area (Å²) >= 11 is 0. The maximum atomic E-state index is 10.5. The van der Waals surface area contributed by atoms with E-state index in [0.29, 0.717) is 6.04 Å². The molecule has 1 aromatic carbocycles. The van der Waals surface area contributed by atoms with E-state index in [1.54, 1.807) is 0 Å². The van der Waals surface area contributed by atoms with Crippen molar-refractivity contribution in [1.82, 2.24) is 4.90 Å². The van der Waals surface area contributed by atoms with Crippen molar-refractivity contribution >= 4 is 5.69 Å². The van der Waals surface area contributed by atoms with Crippen LogP contribution in [0.15, 0.2) is 24.3 Å². The molecular weight excluding hydrogens is 312 g/mol. The number of hydrogen-bond acceptors (Lipinski definition) is 4. The second-order valence-electron chi connectivity index (χ2n) is 8.10. The molecule has 3 rings (SSSR count). The lowest BCUT2D eigenvalue weighted by Gasteiger charge is -2.49. The number of likely N-dealkylation sites (tertiary alicyclic amines) is 1. The highest BCUT2D eigenvalue weighted by Gasteiger charge is 2.43. The van der Waals surface area contributed by atoms with E-state index in [4.69, 9.17) is 0 Å². The van der Waals surface area contributed by atoms with Crippen LogP contribution in [-0.2, 0) is 0 Å². The molecule has 4 nitrogen and oxygen atoms in total. The first-order valence-electron chi connectivity index (χ1n) is 9.92. The molecule has 2 fully saturated rings. The molecule has 1 aromatic rings. The molecule has 0 aromatic heterocycles. The van der Waals surface area contributed by atoms with Crippen LogP contribution in [-0.4, -0.2) is 60.0 Å². The summed E-state index contributed by atoms with van der Waals surface area (Å²) in [6, 6.07) is 9.41. The third kappa shape index (κ3) is 4.02. The summed E-state index contributed by atoms with van der Waals surface area (Å²) in [5, 5.41) is 20.5. The summed E-state index contributed by atoms with van der Waals surface area (Å²) < 4.78 is 0. The maximum absolute atomic E-state index is 10.5. The summed E-state index contributed by atoms with van der Waals surface area (Å²) in [4.78, 5) is 5.03. The minimum atomic E-state index is -0.360. The predicted molar refractivity (Wildman–Crippen MR) is 103 cm³/mol. The molecule has 140 valence electrons. The van der Waals surface area contributed by atoms with Crippen LogP contribution < -0.4 is 4.90 Å². The standard InChI is InChI=1S/C21H34N2O2/c1-3-11-21(16-24)15-23(14-10-20(21)25)19-8-12-22(13-9-19)18-6-4-17(2)5-7-18/h4-7,19-20,24-25H,3,8-16H2,1-2H3/t20-,21-/m0/s1. The fourth-order valence-corrected chi connectivity index (χ4v) is 4.72. The van der Waals surface area contributed by atoms with Crippen LogP contribution >= 0.6 is 0 Å². The van der Waals surface area contributed by atoms with Crippen LogP contribution in [0.25, 0.3) is 0 Å². The lowest BCUT2D eigenvalue weighted by Crippen LogP contribution is -2.57. The summed E-state index contributed by atoms with van der Waals surface area (Å²) in [6.45, 7) is 8.35. The number of rotatable bonds is 5. The minimum absolute atomic E-state index is 0.0979. The number of aryl methyl sites for hydroxylation is 1. The number of aliphatic hydroxyl groups excluding tert-OH is 2. The van der Waals surface area contributed by atoms with Gasteiger partial charge in [-0.05, 0) is 44.7 Å². The molecule has 25 heavy (non-hydrogen) atoms. The van der Waals surface area contributed by atoms with Crippen LogP contribution in [0.5, 0.6) is 0 Å². The third-order valence-electron chi connectivity index (χ3n) is 6.36. The monoisotopic (exact) mass is 346 g/mol. The summed E-state index contributed by atoms with van der Waals surface area (Å²) in [6.07, 6.45) is 4.68. The molecule has 0 saturated carbocycles. The van der Waals surface area contributed by atoms with E-state index in [9.17, 15) is 10.2 Å². The number of aliphatic hydroxyl groups is 2. The van der Waals surface area contributed by atoms with Crippen molar-refractivity contribution in [2.24, 2.45) is 5.41 Å². The molecule has 4 heteroatoms. The number of piperidine rings is 2. The molecule has 2 aliphatic heterocycles. The van der Waals surface area contributed by atoms with Crippen molar-refractivity contribution < 1.29 is 10.2 Å². The van der Waals surface area contributed by atoms with E-state index in [-0.39, 0.29) is 18.1 Å². The molecule has 2 heterocycles. The van der Waals surface area contributed by atoms with Gasteiger partial charge < -0.3 is 15.1 Å². The zero-order valence-electron chi connectivity index (χ0n) is 15.8. The Balaban J connectivity index is 1.59.